The summed E-state index contributed by atoms with van der Waals surface area (Å²) in [5.41, 5.74) is 1.87. The summed E-state index contributed by atoms with van der Waals surface area (Å²) < 4.78 is 16.0. The smallest absolute Gasteiger partial charge is 0.261 e. The van der Waals surface area contributed by atoms with Crippen LogP contribution in [0.2, 0.25) is 0 Å². The highest BCUT2D eigenvalue weighted by Crippen LogP contribution is 2.19. The number of hydrogen-bond acceptors (Lipinski definition) is 6. The third-order valence-electron chi connectivity index (χ3n) is 3.90. The van der Waals surface area contributed by atoms with E-state index in [0.717, 1.165) is 16.9 Å². The minimum Gasteiger partial charge on any atom is -0.497 e. The number of carbonyl (C=O) groups excluding carboxylic acids is 1. The van der Waals surface area contributed by atoms with Crippen LogP contribution in [0.15, 0.2) is 53.1 Å². The molecule has 0 aliphatic heterocycles. The summed E-state index contributed by atoms with van der Waals surface area (Å²) in [7, 11) is 1.60. The molecule has 3 rings (SSSR count). The molecule has 1 amide bonds. The van der Waals surface area contributed by atoms with Crippen molar-refractivity contribution in [2.24, 2.45) is 0 Å². The number of nitrogens with zero attached hydrogens (tertiary/aromatic N) is 2. The number of aromatic nitrogens is 2. The van der Waals surface area contributed by atoms with Gasteiger partial charge in [0.1, 0.15) is 11.5 Å². The van der Waals surface area contributed by atoms with E-state index in [4.69, 9.17) is 14.0 Å². The Hall–Kier alpha value is -3.35. The van der Waals surface area contributed by atoms with Crippen LogP contribution in [-0.2, 0) is 11.3 Å². The molecule has 27 heavy (non-hydrogen) atoms. The molecule has 0 aliphatic rings. The first-order valence-electron chi connectivity index (χ1n) is 8.53. The zero-order chi connectivity index (χ0) is 19.2. The Bertz CT molecular complexity index is 906. The molecule has 0 fully saturated rings. The van der Waals surface area contributed by atoms with Crippen molar-refractivity contribution in [1.29, 1.82) is 0 Å². The summed E-state index contributed by atoms with van der Waals surface area (Å²) in [6, 6.07) is 14.9. The molecule has 0 unspecified atom stereocenters. The Morgan fingerprint density at radius 1 is 1.19 bits per heavy atom. The lowest BCUT2D eigenvalue weighted by Crippen LogP contribution is -2.36. The molecule has 1 atom stereocenters. The van der Waals surface area contributed by atoms with Crippen LogP contribution in [0.5, 0.6) is 11.5 Å². The zero-order valence-corrected chi connectivity index (χ0v) is 15.4. The molecular weight excluding hydrogens is 346 g/mol. The van der Waals surface area contributed by atoms with Crippen LogP contribution in [-0.4, -0.2) is 29.3 Å². The fourth-order valence-electron chi connectivity index (χ4n) is 2.44. The van der Waals surface area contributed by atoms with Gasteiger partial charge >= 0.3 is 0 Å². The van der Waals surface area contributed by atoms with Crippen molar-refractivity contribution in [2.75, 3.05) is 7.11 Å². The maximum atomic E-state index is 12.2. The molecule has 0 saturated heterocycles. The molecule has 1 heterocycles. The van der Waals surface area contributed by atoms with Crippen LogP contribution in [0.1, 0.15) is 18.4 Å². The largest absolute Gasteiger partial charge is 0.497 e. The van der Waals surface area contributed by atoms with Gasteiger partial charge in [-0.1, -0.05) is 17.3 Å². The topological polar surface area (TPSA) is 86.5 Å². The van der Waals surface area contributed by atoms with Crippen LogP contribution in [0, 0.1) is 6.92 Å². The minimum absolute atomic E-state index is 0.128. The highest BCUT2D eigenvalue weighted by molar-refractivity contribution is 5.80. The van der Waals surface area contributed by atoms with Gasteiger partial charge in [0.2, 0.25) is 11.7 Å². The average molecular weight is 367 g/mol. The molecule has 140 valence electrons. The summed E-state index contributed by atoms with van der Waals surface area (Å²) in [4.78, 5) is 16.5. The van der Waals surface area contributed by atoms with Crippen molar-refractivity contribution in [2.45, 2.75) is 26.5 Å². The molecule has 0 radical (unpaired) electrons. The maximum absolute atomic E-state index is 12.2. The van der Waals surface area contributed by atoms with Gasteiger partial charge in [0.15, 0.2) is 6.10 Å². The standard InChI is InChI=1S/C20H21N3O4/c1-13-5-4-6-17(11-13)26-14(2)20(24)21-12-18-22-19(23-27-18)15-7-9-16(25-3)10-8-15/h4-11,14H,12H2,1-3H3,(H,21,24)/t14-/m1/s1. The highest BCUT2D eigenvalue weighted by atomic mass is 16.5. The summed E-state index contributed by atoms with van der Waals surface area (Å²) in [6.45, 7) is 3.78. The van der Waals surface area contributed by atoms with Crippen molar-refractivity contribution < 1.29 is 18.8 Å². The van der Waals surface area contributed by atoms with E-state index < -0.39 is 6.10 Å². The second-order valence-corrected chi connectivity index (χ2v) is 6.03. The Kier molecular flexibility index (Phi) is 5.71. The molecule has 0 aliphatic carbocycles. The number of aryl methyl sites for hydroxylation is 1. The van der Waals surface area contributed by atoms with Crippen LogP contribution in [0.25, 0.3) is 11.4 Å². The number of amides is 1. The van der Waals surface area contributed by atoms with Crippen molar-refractivity contribution >= 4 is 5.91 Å². The van der Waals surface area contributed by atoms with E-state index in [1.807, 2.05) is 55.5 Å². The Morgan fingerprint density at radius 2 is 1.96 bits per heavy atom. The van der Waals surface area contributed by atoms with E-state index in [9.17, 15) is 4.79 Å². The number of methoxy groups -OCH3 is 1. The third-order valence-corrected chi connectivity index (χ3v) is 3.90. The van der Waals surface area contributed by atoms with Crippen LogP contribution < -0.4 is 14.8 Å². The first-order chi connectivity index (χ1) is 13.0. The third kappa shape index (κ3) is 4.84. The van der Waals surface area contributed by atoms with Gasteiger partial charge in [0.05, 0.1) is 13.7 Å². The number of rotatable bonds is 7. The lowest BCUT2D eigenvalue weighted by molar-refractivity contribution is -0.127. The predicted octanol–water partition coefficient (Wildman–Crippen LogP) is 3.14. The number of benzene rings is 2. The number of ether oxygens (including phenoxy) is 2. The second-order valence-electron chi connectivity index (χ2n) is 6.03. The first-order valence-corrected chi connectivity index (χ1v) is 8.53. The fraction of sp³-hybridized carbons (Fsp3) is 0.250. The van der Waals surface area contributed by atoms with Crippen LogP contribution in [0.4, 0.5) is 0 Å². The van der Waals surface area contributed by atoms with E-state index in [-0.39, 0.29) is 12.5 Å². The number of hydrogen-bond donors (Lipinski definition) is 1. The van der Waals surface area contributed by atoms with Gasteiger partial charge < -0.3 is 19.3 Å². The van der Waals surface area contributed by atoms with Gasteiger partial charge in [-0.15, -0.1) is 0 Å². The molecule has 3 aromatic rings. The van der Waals surface area contributed by atoms with E-state index in [2.05, 4.69) is 15.5 Å². The van der Waals surface area contributed by atoms with Gasteiger partial charge in [0.25, 0.3) is 5.91 Å². The van der Waals surface area contributed by atoms with Crippen LogP contribution in [0.3, 0.4) is 0 Å². The SMILES string of the molecule is COc1ccc(-c2noc(CNC(=O)[C@@H](C)Oc3cccc(C)c3)n2)cc1. The van der Waals surface area contributed by atoms with E-state index in [1.54, 1.807) is 14.0 Å². The Balaban J connectivity index is 1.55. The second kappa shape index (κ2) is 8.35. The average Bonchev–Trinajstić information content (AvgIpc) is 3.15. The predicted molar refractivity (Wildman–Crippen MR) is 99.4 cm³/mol. The molecule has 7 heteroatoms. The van der Waals surface area contributed by atoms with E-state index in [1.165, 1.54) is 0 Å². The summed E-state index contributed by atoms with van der Waals surface area (Å²) in [6.07, 6.45) is -0.643. The molecule has 1 aromatic heterocycles. The van der Waals surface area contributed by atoms with Gasteiger partial charge in [0, 0.05) is 5.56 Å². The van der Waals surface area contributed by atoms with E-state index >= 15 is 0 Å². The fourth-order valence-corrected chi connectivity index (χ4v) is 2.44. The number of nitrogens with one attached hydrogen (secondary N) is 1. The van der Waals surface area contributed by atoms with Gasteiger partial charge in [-0.05, 0) is 55.8 Å². The molecule has 0 spiro atoms. The van der Waals surface area contributed by atoms with Crippen molar-refractivity contribution in [1.82, 2.24) is 15.5 Å². The summed E-state index contributed by atoms with van der Waals surface area (Å²) >= 11 is 0. The summed E-state index contributed by atoms with van der Waals surface area (Å²) in [5, 5.41) is 6.67. The van der Waals surface area contributed by atoms with Crippen LogP contribution >= 0.6 is 0 Å². The molecule has 1 N–H and O–H groups in total. The van der Waals surface area contributed by atoms with Crippen molar-refractivity contribution in [3.63, 3.8) is 0 Å². The number of carbonyl (C=O) groups is 1. The Morgan fingerprint density at radius 3 is 2.67 bits per heavy atom. The monoisotopic (exact) mass is 367 g/mol. The molecule has 2 aromatic carbocycles. The van der Waals surface area contributed by atoms with Gasteiger partial charge in [-0.3, -0.25) is 4.79 Å². The lowest BCUT2D eigenvalue weighted by atomic mass is 10.2. The Labute approximate surface area is 157 Å². The molecule has 0 saturated carbocycles. The van der Waals surface area contributed by atoms with Gasteiger partial charge in [-0.2, -0.15) is 4.98 Å². The first kappa shape index (κ1) is 18.4. The molecular formula is C20H21N3O4. The van der Waals surface area contributed by atoms with Gasteiger partial charge in [-0.25, -0.2) is 0 Å². The van der Waals surface area contributed by atoms with E-state index in [0.29, 0.717) is 17.5 Å². The normalized spacial score (nSPS) is 11.7. The highest BCUT2D eigenvalue weighted by Gasteiger charge is 2.16. The van der Waals surface area contributed by atoms with Crippen molar-refractivity contribution in [3.8, 4) is 22.9 Å². The lowest BCUT2D eigenvalue weighted by Gasteiger charge is -2.14. The zero-order valence-electron chi connectivity index (χ0n) is 15.4. The molecule has 0 bridgehead atoms. The minimum atomic E-state index is -0.643. The molecule has 7 nitrogen and oxygen atoms in total. The summed E-state index contributed by atoms with van der Waals surface area (Å²) in [5.74, 6) is 1.90. The maximum Gasteiger partial charge on any atom is 0.261 e. The quantitative estimate of drug-likeness (QED) is 0.690. The van der Waals surface area contributed by atoms with Crippen molar-refractivity contribution in [3.05, 3.63) is 60.0 Å².